The van der Waals surface area contributed by atoms with Gasteiger partial charge in [0.2, 0.25) is 0 Å². The molecule has 0 saturated carbocycles. The summed E-state index contributed by atoms with van der Waals surface area (Å²) in [5.74, 6) is 1.66. The predicted molar refractivity (Wildman–Crippen MR) is 66.5 cm³/mol. The predicted octanol–water partition coefficient (Wildman–Crippen LogP) is 3.38. The molecule has 1 aromatic rings. The van der Waals surface area contributed by atoms with Crippen LogP contribution < -0.4 is 5.32 Å². The van der Waals surface area contributed by atoms with Crippen molar-refractivity contribution >= 4 is 0 Å². The molecule has 1 rings (SSSR count). The number of nitrogens with one attached hydrogen (secondary N) is 1. The molecule has 0 amide bonds. The molecule has 0 aromatic carbocycles. The van der Waals surface area contributed by atoms with Gasteiger partial charge in [-0.05, 0) is 39.7 Å². The van der Waals surface area contributed by atoms with Gasteiger partial charge in [0.1, 0.15) is 5.76 Å². The van der Waals surface area contributed by atoms with Crippen molar-refractivity contribution in [2.45, 2.75) is 53.5 Å². The fourth-order valence-electron chi connectivity index (χ4n) is 2.18. The lowest BCUT2D eigenvalue weighted by molar-refractivity contribution is 0.389. The van der Waals surface area contributed by atoms with Gasteiger partial charge in [-0.15, -0.1) is 0 Å². The van der Waals surface area contributed by atoms with Crippen LogP contribution in [0, 0.1) is 19.8 Å². The summed E-state index contributed by atoms with van der Waals surface area (Å²) in [4.78, 5) is 0. The Balaban J connectivity index is 2.49. The highest BCUT2D eigenvalue weighted by molar-refractivity contribution is 5.24. The average Bonchev–Trinajstić information content (AvgIpc) is 2.56. The minimum atomic E-state index is 0.325. The summed E-state index contributed by atoms with van der Waals surface area (Å²) < 4.78 is 5.18. The Morgan fingerprint density at radius 1 is 1.31 bits per heavy atom. The minimum absolute atomic E-state index is 0.325. The van der Waals surface area contributed by atoms with Crippen LogP contribution in [-0.2, 0) is 0 Å². The normalized spacial score (nSPS) is 15.1. The minimum Gasteiger partial charge on any atom is -0.361 e. The number of aryl methyl sites for hydroxylation is 2. The summed E-state index contributed by atoms with van der Waals surface area (Å²) >= 11 is 0. The SMILES string of the molecule is CCCC(C)CNC(C)c1c(C)noc1C. The third-order valence-electron chi connectivity index (χ3n) is 3.08. The monoisotopic (exact) mass is 224 g/mol. The first-order chi connectivity index (χ1) is 7.56. The van der Waals surface area contributed by atoms with Crippen LogP contribution in [0.15, 0.2) is 4.52 Å². The molecule has 2 unspecified atom stereocenters. The summed E-state index contributed by atoms with van der Waals surface area (Å²) in [6.07, 6.45) is 2.53. The van der Waals surface area contributed by atoms with Crippen LogP contribution in [0.4, 0.5) is 0 Å². The van der Waals surface area contributed by atoms with E-state index in [1.807, 2.05) is 13.8 Å². The molecule has 0 bridgehead atoms. The smallest absolute Gasteiger partial charge is 0.138 e. The molecule has 3 nitrogen and oxygen atoms in total. The van der Waals surface area contributed by atoms with Gasteiger partial charge in [0.05, 0.1) is 5.69 Å². The zero-order valence-electron chi connectivity index (χ0n) is 11.1. The first kappa shape index (κ1) is 13.2. The number of hydrogen-bond acceptors (Lipinski definition) is 3. The quantitative estimate of drug-likeness (QED) is 0.805. The van der Waals surface area contributed by atoms with E-state index < -0.39 is 0 Å². The Hall–Kier alpha value is -0.830. The third-order valence-corrected chi connectivity index (χ3v) is 3.08. The fourth-order valence-corrected chi connectivity index (χ4v) is 2.18. The van der Waals surface area contributed by atoms with Gasteiger partial charge < -0.3 is 9.84 Å². The first-order valence-corrected chi connectivity index (χ1v) is 6.22. The second kappa shape index (κ2) is 6.04. The van der Waals surface area contributed by atoms with Crippen molar-refractivity contribution in [3.05, 3.63) is 17.0 Å². The van der Waals surface area contributed by atoms with Crippen molar-refractivity contribution in [2.75, 3.05) is 6.54 Å². The lowest BCUT2D eigenvalue weighted by atomic mass is 10.0. The molecule has 92 valence electrons. The Morgan fingerprint density at radius 3 is 2.50 bits per heavy atom. The van der Waals surface area contributed by atoms with Crippen molar-refractivity contribution in [3.8, 4) is 0 Å². The van der Waals surface area contributed by atoms with Crippen LogP contribution in [0.3, 0.4) is 0 Å². The molecule has 16 heavy (non-hydrogen) atoms. The van der Waals surface area contributed by atoms with Crippen LogP contribution in [0.1, 0.15) is 56.7 Å². The van der Waals surface area contributed by atoms with Gasteiger partial charge in [0, 0.05) is 11.6 Å². The maximum Gasteiger partial charge on any atom is 0.138 e. The summed E-state index contributed by atoms with van der Waals surface area (Å²) in [7, 11) is 0. The molecular weight excluding hydrogens is 200 g/mol. The second-order valence-corrected chi connectivity index (χ2v) is 4.76. The highest BCUT2D eigenvalue weighted by Crippen LogP contribution is 2.21. The van der Waals surface area contributed by atoms with E-state index in [1.54, 1.807) is 0 Å². The van der Waals surface area contributed by atoms with Gasteiger partial charge in [0.25, 0.3) is 0 Å². The molecule has 0 saturated heterocycles. The molecule has 0 aliphatic carbocycles. The van der Waals surface area contributed by atoms with E-state index in [-0.39, 0.29) is 0 Å². The lowest BCUT2D eigenvalue weighted by Crippen LogP contribution is -2.25. The first-order valence-electron chi connectivity index (χ1n) is 6.22. The molecule has 2 atom stereocenters. The maximum atomic E-state index is 5.18. The molecule has 0 aliphatic heterocycles. The van der Waals surface area contributed by atoms with Gasteiger partial charge >= 0.3 is 0 Å². The zero-order chi connectivity index (χ0) is 12.1. The summed E-state index contributed by atoms with van der Waals surface area (Å²) in [6, 6.07) is 0.325. The topological polar surface area (TPSA) is 38.1 Å². The van der Waals surface area contributed by atoms with E-state index in [0.29, 0.717) is 6.04 Å². The molecule has 0 fully saturated rings. The Kier molecular flexibility index (Phi) is 5.00. The highest BCUT2D eigenvalue weighted by Gasteiger charge is 2.16. The van der Waals surface area contributed by atoms with Crippen LogP contribution in [-0.4, -0.2) is 11.7 Å². The molecule has 1 aromatic heterocycles. The van der Waals surface area contributed by atoms with Gasteiger partial charge in [-0.1, -0.05) is 25.4 Å². The average molecular weight is 224 g/mol. The van der Waals surface area contributed by atoms with Gasteiger partial charge in [-0.25, -0.2) is 0 Å². The molecule has 0 spiro atoms. The molecule has 1 heterocycles. The summed E-state index contributed by atoms with van der Waals surface area (Å²) in [5.41, 5.74) is 2.21. The molecular formula is C13H24N2O. The standard InChI is InChI=1S/C13H24N2O/c1-6-7-9(2)8-14-10(3)13-11(4)15-16-12(13)5/h9-10,14H,6-8H2,1-5H3. The van der Waals surface area contributed by atoms with Gasteiger partial charge in [-0.2, -0.15) is 0 Å². The second-order valence-electron chi connectivity index (χ2n) is 4.76. The van der Waals surface area contributed by atoms with Crippen LogP contribution in [0.2, 0.25) is 0 Å². The van der Waals surface area contributed by atoms with Crippen molar-refractivity contribution in [2.24, 2.45) is 5.92 Å². The van der Waals surface area contributed by atoms with E-state index >= 15 is 0 Å². The van der Waals surface area contributed by atoms with Crippen LogP contribution in [0.5, 0.6) is 0 Å². The maximum absolute atomic E-state index is 5.18. The fraction of sp³-hybridized carbons (Fsp3) is 0.769. The lowest BCUT2D eigenvalue weighted by Gasteiger charge is -2.17. The van der Waals surface area contributed by atoms with E-state index in [2.05, 4.69) is 31.2 Å². The van der Waals surface area contributed by atoms with E-state index in [1.165, 1.54) is 18.4 Å². The summed E-state index contributed by atoms with van der Waals surface area (Å²) in [5, 5.41) is 7.54. The number of rotatable bonds is 6. The van der Waals surface area contributed by atoms with E-state index in [9.17, 15) is 0 Å². The van der Waals surface area contributed by atoms with Crippen molar-refractivity contribution in [1.82, 2.24) is 10.5 Å². The zero-order valence-corrected chi connectivity index (χ0v) is 11.1. The van der Waals surface area contributed by atoms with Crippen LogP contribution >= 0.6 is 0 Å². The van der Waals surface area contributed by atoms with E-state index in [4.69, 9.17) is 4.52 Å². The number of nitrogens with zero attached hydrogens (tertiary/aromatic N) is 1. The van der Waals surface area contributed by atoms with Crippen molar-refractivity contribution in [3.63, 3.8) is 0 Å². The highest BCUT2D eigenvalue weighted by atomic mass is 16.5. The van der Waals surface area contributed by atoms with Crippen molar-refractivity contribution in [1.29, 1.82) is 0 Å². The van der Waals surface area contributed by atoms with Gasteiger partial charge in [-0.3, -0.25) is 0 Å². The number of hydrogen-bond donors (Lipinski definition) is 1. The third kappa shape index (κ3) is 3.34. The van der Waals surface area contributed by atoms with Crippen LogP contribution in [0.25, 0.3) is 0 Å². The molecule has 1 N–H and O–H groups in total. The molecule has 3 heteroatoms. The Morgan fingerprint density at radius 2 is 2.00 bits per heavy atom. The number of aromatic nitrogens is 1. The van der Waals surface area contributed by atoms with Crippen molar-refractivity contribution < 1.29 is 4.52 Å². The molecule has 0 radical (unpaired) electrons. The Bertz CT molecular complexity index is 300. The summed E-state index contributed by atoms with van der Waals surface area (Å²) in [6.45, 7) is 11.7. The van der Waals surface area contributed by atoms with E-state index in [0.717, 1.165) is 23.9 Å². The molecule has 0 aliphatic rings. The van der Waals surface area contributed by atoms with Gasteiger partial charge in [0.15, 0.2) is 0 Å². The largest absolute Gasteiger partial charge is 0.361 e. The Labute approximate surface area is 98.6 Å².